The Morgan fingerprint density at radius 1 is 1.27 bits per heavy atom. The Balaban J connectivity index is 1.58. The largest absolute Gasteiger partial charge is 0.379 e. The molecule has 1 aromatic heterocycles. The zero-order valence-electron chi connectivity index (χ0n) is 16.7. The molecule has 0 saturated carbocycles. The van der Waals surface area contributed by atoms with Crippen LogP contribution in [0.3, 0.4) is 0 Å². The molecule has 1 fully saturated rings. The first kappa shape index (κ1) is 21.0. The second kappa shape index (κ2) is 8.84. The van der Waals surface area contributed by atoms with Gasteiger partial charge >= 0.3 is 0 Å². The number of rotatable bonds is 6. The summed E-state index contributed by atoms with van der Waals surface area (Å²) in [6.45, 7) is 3.04. The van der Waals surface area contributed by atoms with Crippen molar-refractivity contribution in [1.29, 1.82) is 0 Å². The minimum absolute atomic E-state index is 0.0456. The smallest absolute Gasteiger partial charge is 0.257 e. The fourth-order valence-corrected chi connectivity index (χ4v) is 4.98. The summed E-state index contributed by atoms with van der Waals surface area (Å²) in [5, 5.41) is 8.26. The number of hydrogen-bond acceptors (Lipinski definition) is 7. The van der Waals surface area contributed by atoms with Gasteiger partial charge in [0.05, 0.1) is 37.8 Å². The molecule has 4 rings (SSSR count). The molecule has 0 radical (unpaired) electrons. The van der Waals surface area contributed by atoms with Gasteiger partial charge in [0, 0.05) is 30.1 Å². The zero-order chi connectivity index (χ0) is 21.1. The van der Waals surface area contributed by atoms with Crippen LogP contribution in [0.5, 0.6) is 0 Å². The predicted octanol–water partition coefficient (Wildman–Crippen LogP) is 2.13. The van der Waals surface area contributed by atoms with E-state index >= 15 is 0 Å². The summed E-state index contributed by atoms with van der Waals surface area (Å²) in [6.07, 6.45) is 1.70. The molecule has 3 heterocycles. The number of ether oxygens (including phenoxy) is 1. The Labute approximate surface area is 180 Å². The van der Waals surface area contributed by atoms with Crippen molar-refractivity contribution in [3.8, 4) is 0 Å². The van der Waals surface area contributed by atoms with Crippen molar-refractivity contribution in [2.45, 2.75) is 12.5 Å². The van der Waals surface area contributed by atoms with Crippen LogP contribution in [0.1, 0.15) is 22.9 Å². The van der Waals surface area contributed by atoms with Gasteiger partial charge in [-0.05, 0) is 29.1 Å². The molecule has 10 heteroatoms. The molecule has 8 nitrogen and oxygen atoms in total. The molecule has 0 unspecified atom stereocenters. The number of benzene rings is 1. The van der Waals surface area contributed by atoms with Gasteiger partial charge in [-0.25, -0.2) is 13.4 Å². The first-order valence-corrected chi connectivity index (χ1v) is 12.5. The summed E-state index contributed by atoms with van der Waals surface area (Å²) < 4.78 is 31.0. The molecular formula is C20H24N4O4S2. The quantitative estimate of drug-likeness (QED) is 0.731. The lowest BCUT2D eigenvalue weighted by molar-refractivity contribution is -0.135. The van der Waals surface area contributed by atoms with E-state index in [2.05, 4.69) is 14.7 Å². The van der Waals surface area contributed by atoms with Crippen molar-refractivity contribution < 1.29 is 17.9 Å². The van der Waals surface area contributed by atoms with E-state index in [1.807, 2.05) is 23.6 Å². The molecule has 2 aliphatic heterocycles. The average molecular weight is 449 g/mol. The lowest BCUT2D eigenvalue weighted by atomic mass is 10.0. The van der Waals surface area contributed by atoms with Crippen LogP contribution < -0.4 is 4.72 Å². The number of carbonyl (C=O) groups is 1. The minimum Gasteiger partial charge on any atom is -0.379 e. The summed E-state index contributed by atoms with van der Waals surface area (Å²) in [6, 6.07) is 10.9. The van der Waals surface area contributed by atoms with Crippen molar-refractivity contribution in [2.24, 2.45) is 5.10 Å². The highest BCUT2D eigenvalue weighted by Gasteiger charge is 2.34. The van der Waals surface area contributed by atoms with E-state index < -0.39 is 10.0 Å². The summed E-state index contributed by atoms with van der Waals surface area (Å²) in [4.78, 5) is 16.3. The van der Waals surface area contributed by atoms with Crippen LogP contribution >= 0.6 is 11.3 Å². The maximum Gasteiger partial charge on any atom is 0.257 e. The monoisotopic (exact) mass is 448 g/mol. The highest BCUT2D eigenvalue weighted by Crippen LogP contribution is 2.35. The van der Waals surface area contributed by atoms with Crippen molar-refractivity contribution >= 4 is 38.7 Å². The molecule has 2 aromatic rings. The number of amides is 1. The Hall–Kier alpha value is -2.27. The van der Waals surface area contributed by atoms with Gasteiger partial charge in [-0.1, -0.05) is 18.2 Å². The van der Waals surface area contributed by atoms with Crippen LogP contribution in [-0.4, -0.2) is 69.0 Å². The average Bonchev–Trinajstić information content (AvgIpc) is 3.37. The summed E-state index contributed by atoms with van der Waals surface area (Å²) in [5.74, 6) is -0.0456. The maximum absolute atomic E-state index is 13.1. The molecule has 2 aliphatic rings. The summed E-state index contributed by atoms with van der Waals surface area (Å²) in [5.41, 5.74) is 2.04. The van der Waals surface area contributed by atoms with Crippen LogP contribution in [0.25, 0.3) is 0 Å². The SMILES string of the molecule is CS(=O)(=O)Nc1cccc(C2=NN(C(=O)CN3CCOCC3)[C@@H](c3cccs3)C2)c1. The Kier molecular flexibility index (Phi) is 6.19. The molecule has 0 aliphatic carbocycles. The number of sulfonamides is 1. The number of morpholine rings is 1. The van der Waals surface area contributed by atoms with Gasteiger partial charge in [0.25, 0.3) is 5.91 Å². The van der Waals surface area contributed by atoms with Gasteiger partial charge in [-0.2, -0.15) is 5.10 Å². The lowest BCUT2D eigenvalue weighted by Gasteiger charge is -2.28. The number of hydrazone groups is 1. The second-order valence-electron chi connectivity index (χ2n) is 7.36. The van der Waals surface area contributed by atoms with Gasteiger partial charge < -0.3 is 4.74 Å². The molecule has 1 N–H and O–H groups in total. The van der Waals surface area contributed by atoms with E-state index in [0.29, 0.717) is 31.9 Å². The van der Waals surface area contributed by atoms with Gasteiger partial charge in [0.1, 0.15) is 0 Å². The van der Waals surface area contributed by atoms with E-state index in [1.54, 1.807) is 34.5 Å². The predicted molar refractivity (Wildman–Crippen MR) is 117 cm³/mol. The highest BCUT2D eigenvalue weighted by molar-refractivity contribution is 7.92. The van der Waals surface area contributed by atoms with Gasteiger partial charge in [0.2, 0.25) is 10.0 Å². The molecule has 1 aromatic carbocycles. The topological polar surface area (TPSA) is 91.3 Å². The van der Waals surface area contributed by atoms with Crippen molar-refractivity contribution in [3.05, 3.63) is 52.2 Å². The first-order valence-electron chi connectivity index (χ1n) is 9.70. The van der Waals surface area contributed by atoms with Gasteiger partial charge in [0.15, 0.2) is 0 Å². The number of carbonyl (C=O) groups excluding carboxylic acids is 1. The van der Waals surface area contributed by atoms with E-state index in [9.17, 15) is 13.2 Å². The lowest BCUT2D eigenvalue weighted by Crippen LogP contribution is -2.43. The van der Waals surface area contributed by atoms with E-state index in [1.165, 1.54) is 0 Å². The number of thiophene rings is 1. The number of hydrogen-bond donors (Lipinski definition) is 1. The fourth-order valence-electron chi connectivity index (χ4n) is 3.62. The summed E-state index contributed by atoms with van der Waals surface area (Å²) in [7, 11) is -3.37. The van der Waals surface area contributed by atoms with Crippen LogP contribution in [-0.2, 0) is 19.6 Å². The number of anilines is 1. The molecule has 1 saturated heterocycles. The third-order valence-corrected chi connectivity index (χ3v) is 6.58. The number of nitrogens with one attached hydrogen (secondary N) is 1. The van der Waals surface area contributed by atoms with Crippen molar-refractivity contribution in [1.82, 2.24) is 9.91 Å². The fraction of sp³-hybridized carbons (Fsp3) is 0.400. The van der Waals surface area contributed by atoms with E-state index in [-0.39, 0.29) is 11.9 Å². The first-order chi connectivity index (χ1) is 14.4. The van der Waals surface area contributed by atoms with Crippen LogP contribution in [0.15, 0.2) is 46.9 Å². The molecule has 1 amide bonds. The van der Waals surface area contributed by atoms with Crippen molar-refractivity contribution in [2.75, 3.05) is 43.8 Å². The normalized spacial score (nSPS) is 20.2. The Bertz CT molecular complexity index is 1030. The summed E-state index contributed by atoms with van der Waals surface area (Å²) >= 11 is 1.60. The van der Waals surface area contributed by atoms with Crippen LogP contribution in [0, 0.1) is 0 Å². The van der Waals surface area contributed by atoms with Gasteiger partial charge in [-0.3, -0.25) is 14.4 Å². The molecule has 0 spiro atoms. The molecule has 160 valence electrons. The van der Waals surface area contributed by atoms with E-state index in [4.69, 9.17) is 4.74 Å². The standard InChI is InChI=1S/C20H24N4O4S2/c1-30(26,27)22-16-5-2-4-15(12-16)17-13-18(19-6-3-11-29-19)24(21-17)20(25)14-23-7-9-28-10-8-23/h2-6,11-12,18,22H,7-10,13-14H2,1H3/t18-/m1/s1. The minimum atomic E-state index is -3.37. The third kappa shape index (κ3) is 5.07. The second-order valence-corrected chi connectivity index (χ2v) is 10.1. The Morgan fingerprint density at radius 3 is 2.77 bits per heavy atom. The van der Waals surface area contributed by atoms with Crippen LogP contribution in [0.2, 0.25) is 0 Å². The highest BCUT2D eigenvalue weighted by atomic mass is 32.2. The molecular weight excluding hydrogens is 424 g/mol. The molecule has 1 atom stereocenters. The Morgan fingerprint density at radius 2 is 2.07 bits per heavy atom. The van der Waals surface area contributed by atoms with Gasteiger partial charge in [-0.15, -0.1) is 11.3 Å². The molecule has 0 bridgehead atoms. The molecule has 30 heavy (non-hydrogen) atoms. The maximum atomic E-state index is 13.1. The number of nitrogens with zero attached hydrogens (tertiary/aromatic N) is 3. The van der Waals surface area contributed by atoms with Crippen molar-refractivity contribution in [3.63, 3.8) is 0 Å². The third-order valence-electron chi connectivity index (χ3n) is 5.00. The zero-order valence-corrected chi connectivity index (χ0v) is 18.3. The van der Waals surface area contributed by atoms with Crippen LogP contribution in [0.4, 0.5) is 5.69 Å². The van der Waals surface area contributed by atoms with E-state index in [0.717, 1.165) is 35.5 Å².